The first-order valence-electron chi connectivity index (χ1n) is 5.70. The summed E-state index contributed by atoms with van der Waals surface area (Å²) in [5, 5.41) is 10.7. The standard InChI is InChI=1S/C11H10F3N5O2/c1-7-4-9(18-21-7)10(20)16-15-5-8-2-3-19(17-8)6-11(12,13)14/h2-5H,6H2,1H3,(H,16,20)/b15-5+. The number of nitrogens with one attached hydrogen (secondary N) is 1. The molecule has 0 bridgehead atoms. The van der Waals surface area contributed by atoms with Crippen molar-refractivity contribution in [3.05, 3.63) is 35.5 Å². The minimum atomic E-state index is -4.35. The Morgan fingerprint density at radius 3 is 2.95 bits per heavy atom. The smallest absolute Gasteiger partial charge is 0.361 e. The van der Waals surface area contributed by atoms with Crippen LogP contribution < -0.4 is 5.43 Å². The molecular weight excluding hydrogens is 291 g/mol. The molecule has 2 rings (SSSR count). The van der Waals surface area contributed by atoms with E-state index in [0.29, 0.717) is 5.76 Å². The van der Waals surface area contributed by atoms with Gasteiger partial charge in [-0.05, 0) is 13.0 Å². The number of carbonyl (C=O) groups is 1. The molecule has 0 fully saturated rings. The minimum absolute atomic E-state index is 0.0484. The van der Waals surface area contributed by atoms with Crippen LogP contribution in [0.5, 0.6) is 0 Å². The van der Waals surface area contributed by atoms with E-state index < -0.39 is 18.6 Å². The van der Waals surface area contributed by atoms with Gasteiger partial charge in [0.15, 0.2) is 5.69 Å². The van der Waals surface area contributed by atoms with Gasteiger partial charge in [-0.3, -0.25) is 9.48 Å². The largest absolute Gasteiger partial charge is 0.408 e. The maximum atomic E-state index is 12.1. The van der Waals surface area contributed by atoms with Crippen molar-refractivity contribution in [2.75, 3.05) is 0 Å². The number of carbonyl (C=O) groups excluding carboxylic acids is 1. The van der Waals surface area contributed by atoms with Crippen molar-refractivity contribution < 1.29 is 22.5 Å². The third kappa shape index (κ3) is 4.44. The molecule has 0 aliphatic heterocycles. The highest BCUT2D eigenvalue weighted by Crippen LogP contribution is 2.16. The molecule has 0 unspecified atom stereocenters. The van der Waals surface area contributed by atoms with Crippen molar-refractivity contribution in [3.63, 3.8) is 0 Å². The second-order valence-corrected chi connectivity index (χ2v) is 4.08. The molecular formula is C11H10F3N5O2. The Kier molecular flexibility index (Phi) is 4.05. The lowest BCUT2D eigenvalue weighted by molar-refractivity contribution is -0.142. The molecule has 2 aromatic heterocycles. The normalized spacial score (nSPS) is 12.0. The molecule has 0 atom stereocenters. The van der Waals surface area contributed by atoms with E-state index in [1.165, 1.54) is 12.1 Å². The highest BCUT2D eigenvalue weighted by atomic mass is 19.4. The number of hydrogen-bond donors (Lipinski definition) is 1. The van der Waals surface area contributed by atoms with Gasteiger partial charge in [-0.25, -0.2) is 5.43 Å². The van der Waals surface area contributed by atoms with Crippen LogP contribution in [0.4, 0.5) is 13.2 Å². The summed E-state index contributed by atoms with van der Waals surface area (Å²) < 4.78 is 41.8. The zero-order chi connectivity index (χ0) is 15.5. The summed E-state index contributed by atoms with van der Waals surface area (Å²) in [7, 11) is 0. The van der Waals surface area contributed by atoms with Crippen molar-refractivity contribution in [1.29, 1.82) is 0 Å². The average Bonchev–Trinajstić information content (AvgIpc) is 2.96. The minimum Gasteiger partial charge on any atom is -0.361 e. The lowest BCUT2D eigenvalue weighted by atomic mass is 10.4. The van der Waals surface area contributed by atoms with Crippen LogP contribution in [0.3, 0.4) is 0 Å². The van der Waals surface area contributed by atoms with E-state index in [0.717, 1.165) is 17.1 Å². The molecule has 0 spiro atoms. The lowest BCUT2D eigenvalue weighted by Crippen LogP contribution is -2.19. The number of aromatic nitrogens is 3. The van der Waals surface area contributed by atoms with Crippen molar-refractivity contribution in [3.8, 4) is 0 Å². The lowest BCUT2D eigenvalue weighted by Gasteiger charge is -2.04. The quantitative estimate of drug-likeness (QED) is 0.685. The molecule has 0 aliphatic rings. The number of halogens is 3. The second-order valence-electron chi connectivity index (χ2n) is 4.08. The molecule has 10 heteroatoms. The molecule has 2 aromatic rings. The molecule has 112 valence electrons. The third-order valence-electron chi connectivity index (χ3n) is 2.23. The predicted octanol–water partition coefficient (Wildman–Crippen LogP) is 1.51. The third-order valence-corrected chi connectivity index (χ3v) is 2.23. The SMILES string of the molecule is Cc1cc(C(=O)N/N=C/c2ccn(CC(F)(F)F)n2)no1. The van der Waals surface area contributed by atoms with Crippen LogP contribution in [0.1, 0.15) is 21.9 Å². The molecule has 7 nitrogen and oxygen atoms in total. The summed E-state index contributed by atoms with van der Waals surface area (Å²) in [5.41, 5.74) is 2.38. The van der Waals surface area contributed by atoms with Crippen LogP contribution in [0.25, 0.3) is 0 Å². The Labute approximate surface area is 116 Å². The molecule has 0 saturated heterocycles. The first kappa shape index (κ1) is 14.8. The van der Waals surface area contributed by atoms with Gasteiger partial charge in [0.1, 0.15) is 18.0 Å². The summed E-state index contributed by atoms with van der Waals surface area (Å²) in [6, 6.07) is 2.75. The Bertz CT molecular complexity index is 659. The molecule has 0 saturated carbocycles. The fraction of sp³-hybridized carbons (Fsp3) is 0.273. The van der Waals surface area contributed by atoms with Crippen LogP contribution in [-0.4, -0.2) is 33.2 Å². The average molecular weight is 301 g/mol. The van der Waals surface area contributed by atoms with Gasteiger partial charge in [-0.2, -0.15) is 23.4 Å². The van der Waals surface area contributed by atoms with E-state index in [2.05, 4.69) is 20.8 Å². The Hall–Kier alpha value is -2.65. The van der Waals surface area contributed by atoms with Crippen LogP contribution in [0.2, 0.25) is 0 Å². The Balaban J connectivity index is 1.91. The van der Waals surface area contributed by atoms with E-state index in [1.807, 2.05) is 0 Å². The fourth-order valence-electron chi connectivity index (χ4n) is 1.41. The summed E-state index contributed by atoms with van der Waals surface area (Å²) in [6.45, 7) is 0.436. The van der Waals surface area contributed by atoms with Crippen LogP contribution in [-0.2, 0) is 6.54 Å². The van der Waals surface area contributed by atoms with Crippen LogP contribution in [0.15, 0.2) is 28.0 Å². The first-order valence-corrected chi connectivity index (χ1v) is 5.70. The van der Waals surface area contributed by atoms with Crippen LogP contribution >= 0.6 is 0 Å². The number of amides is 1. The predicted molar refractivity (Wildman–Crippen MR) is 64.6 cm³/mol. The zero-order valence-electron chi connectivity index (χ0n) is 10.8. The van der Waals surface area contributed by atoms with E-state index in [1.54, 1.807) is 6.92 Å². The molecule has 21 heavy (non-hydrogen) atoms. The number of nitrogens with zero attached hydrogens (tertiary/aromatic N) is 4. The van der Waals surface area contributed by atoms with Crippen molar-refractivity contribution in [1.82, 2.24) is 20.4 Å². The van der Waals surface area contributed by atoms with Gasteiger partial charge in [-0.15, -0.1) is 0 Å². The van der Waals surface area contributed by atoms with Gasteiger partial charge < -0.3 is 4.52 Å². The number of alkyl halides is 3. The Morgan fingerprint density at radius 2 is 2.33 bits per heavy atom. The van der Waals surface area contributed by atoms with Gasteiger partial charge >= 0.3 is 6.18 Å². The number of aryl methyl sites for hydroxylation is 1. The number of hydrazone groups is 1. The van der Waals surface area contributed by atoms with Crippen LogP contribution in [0, 0.1) is 6.92 Å². The summed E-state index contributed by atoms with van der Waals surface area (Å²) in [4.78, 5) is 11.5. The van der Waals surface area contributed by atoms with Gasteiger partial charge in [0.05, 0.1) is 6.21 Å². The number of hydrogen-bond acceptors (Lipinski definition) is 5. The molecule has 0 radical (unpaired) electrons. The van der Waals surface area contributed by atoms with E-state index in [-0.39, 0.29) is 11.4 Å². The zero-order valence-corrected chi connectivity index (χ0v) is 10.8. The topological polar surface area (TPSA) is 85.3 Å². The summed E-state index contributed by atoms with van der Waals surface area (Å²) >= 11 is 0. The number of rotatable bonds is 4. The summed E-state index contributed by atoms with van der Waals surface area (Å²) in [6.07, 6.45) is -2.06. The monoisotopic (exact) mass is 301 g/mol. The van der Waals surface area contributed by atoms with Crippen molar-refractivity contribution in [2.45, 2.75) is 19.6 Å². The van der Waals surface area contributed by atoms with E-state index in [4.69, 9.17) is 4.52 Å². The van der Waals surface area contributed by atoms with Gasteiger partial charge in [0.2, 0.25) is 0 Å². The molecule has 1 amide bonds. The van der Waals surface area contributed by atoms with E-state index in [9.17, 15) is 18.0 Å². The van der Waals surface area contributed by atoms with Gasteiger partial charge in [0, 0.05) is 12.3 Å². The fourth-order valence-corrected chi connectivity index (χ4v) is 1.41. The summed E-state index contributed by atoms with van der Waals surface area (Å²) in [5.74, 6) is -0.132. The second kappa shape index (κ2) is 5.77. The molecule has 0 aromatic carbocycles. The van der Waals surface area contributed by atoms with E-state index >= 15 is 0 Å². The maximum absolute atomic E-state index is 12.1. The van der Waals surface area contributed by atoms with Crippen molar-refractivity contribution >= 4 is 12.1 Å². The van der Waals surface area contributed by atoms with Gasteiger partial charge in [-0.1, -0.05) is 5.16 Å². The highest BCUT2D eigenvalue weighted by Gasteiger charge is 2.28. The maximum Gasteiger partial charge on any atom is 0.408 e. The van der Waals surface area contributed by atoms with Crippen molar-refractivity contribution in [2.24, 2.45) is 5.10 Å². The highest BCUT2D eigenvalue weighted by molar-refractivity contribution is 5.92. The molecule has 2 heterocycles. The Morgan fingerprint density at radius 1 is 1.57 bits per heavy atom. The molecule has 1 N–H and O–H groups in total. The van der Waals surface area contributed by atoms with Gasteiger partial charge in [0.25, 0.3) is 5.91 Å². The first-order chi connectivity index (χ1) is 9.83. The molecule has 0 aliphatic carbocycles.